The molecule has 0 saturated heterocycles. The van der Waals surface area contributed by atoms with E-state index in [2.05, 4.69) is 0 Å². The lowest BCUT2D eigenvalue weighted by Crippen LogP contribution is -2.33. The van der Waals surface area contributed by atoms with Crippen LogP contribution in [0.5, 0.6) is 11.5 Å². The van der Waals surface area contributed by atoms with Crippen LogP contribution < -0.4 is 9.47 Å². The molecule has 1 N–H and O–H groups in total. The maximum atomic E-state index is 12.6. The molecular weight excluding hydrogens is 326 g/mol. The minimum atomic E-state index is -0.695. The van der Waals surface area contributed by atoms with Gasteiger partial charge in [0, 0.05) is 13.2 Å². The summed E-state index contributed by atoms with van der Waals surface area (Å²) in [5.41, 5.74) is 0.366. The predicted molar refractivity (Wildman–Crippen MR) is 91.5 cm³/mol. The van der Waals surface area contributed by atoms with Crippen molar-refractivity contribution in [3.63, 3.8) is 0 Å². The second kappa shape index (κ2) is 8.02. The van der Waals surface area contributed by atoms with Gasteiger partial charge in [0.05, 0.1) is 25.9 Å². The summed E-state index contributed by atoms with van der Waals surface area (Å²) >= 11 is 0. The van der Waals surface area contributed by atoms with E-state index in [0.717, 1.165) is 4.90 Å². The Labute approximate surface area is 146 Å². The molecule has 0 aromatic heterocycles. The summed E-state index contributed by atoms with van der Waals surface area (Å²) < 4.78 is 15.8. The highest BCUT2D eigenvalue weighted by molar-refractivity contribution is 6.34. The van der Waals surface area contributed by atoms with E-state index in [0.29, 0.717) is 30.1 Å². The van der Waals surface area contributed by atoms with Crippen molar-refractivity contribution in [2.24, 2.45) is 0 Å². The molecule has 25 heavy (non-hydrogen) atoms. The number of rotatable bonds is 8. The Hall–Kier alpha value is -2.54. The molecule has 0 atom stereocenters. The monoisotopic (exact) mass is 349 g/mol. The fourth-order valence-electron chi connectivity index (χ4n) is 2.56. The number of hydrogen-bond acceptors (Lipinski definition) is 6. The first-order valence-electron chi connectivity index (χ1n) is 8.04. The predicted octanol–water partition coefficient (Wildman–Crippen LogP) is 2.16. The van der Waals surface area contributed by atoms with Crippen LogP contribution in [0.25, 0.3) is 5.57 Å². The van der Waals surface area contributed by atoms with Gasteiger partial charge in [-0.15, -0.1) is 0 Å². The molecule has 1 heterocycles. The van der Waals surface area contributed by atoms with Crippen molar-refractivity contribution in [2.75, 3.05) is 27.4 Å². The number of benzene rings is 1. The summed E-state index contributed by atoms with van der Waals surface area (Å²) in [4.78, 5) is 25.8. The Kier molecular flexibility index (Phi) is 6.03. The van der Waals surface area contributed by atoms with Crippen molar-refractivity contribution < 1.29 is 28.9 Å². The summed E-state index contributed by atoms with van der Waals surface area (Å²) in [6, 6.07) is 4.77. The van der Waals surface area contributed by atoms with Crippen LogP contribution in [0, 0.1) is 0 Å². The number of hydrogen-bond donors (Lipinski definition) is 1. The minimum absolute atomic E-state index is 0.0317. The quantitative estimate of drug-likeness (QED) is 0.572. The van der Waals surface area contributed by atoms with Crippen LogP contribution in [0.3, 0.4) is 0 Å². The first-order chi connectivity index (χ1) is 11.9. The lowest BCUT2D eigenvalue weighted by molar-refractivity contribution is -0.138. The normalized spacial score (nSPS) is 14.7. The lowest BCUT2D eigenvalue weighted by Gasteiger charge is -2.15. The first-order valence-corrected chi connectivity index (χ1v) is 8.04. The molecule has 1 aromatic rings. The van der Waals surface area contributed by atoms with E-state index >= 15 is 0 Å². The molecule has 0 fully saturated rings. The van der Waals surface area contributed by atoms with Crippen LogP contribution in [0.4, 0.5) is 0 Å². The molecule has 0 saturated carbocycles. The number of ether oxygens (including phenoxy) is 3. The van der Waals surface area contributed by atoms with Gasteiger partial charge in [-0.05, 0) is 38.0 Å². The highest BCUT2D eigenvalue weighted by Gasteiger charge is 2.39. The van der Waals surface area contributed by atoms with Gasteiger partial charge in [-0.3, -0.25) is 14.5 Å². The van der Waals surface area contributed by atoms with Crippen molar-refractivity contribution in [2.45, 2.75) is 26.4 Å². The SMILES string of the molecule is COc1ccc(C2=C(O)C(=O)N(CCCOC(C)C)C2=O)cc1OC. The number of methoxy groups -OCH3 is 2. The molecule has 1 aliphatic rings. The minimum Gasteiger partial charge on any atom is -0.502 e. The van der Waals surface area contributed by atoms with E-state index in [1.54, 1.807) is 18.2 Å². The second-order valence-corrected chi connectivity index (χ2v) is 5.83. The van der Waals surface area contributed by atoms with E-state index in [1.807, 2.05) is 13.8 Å². The summed E-state index contributed by atoms with van der Waals surface area (Å²) in [5, 5.41) is 10.2. The highest BCUT2D eigenvalue weighted by atomic mass is 16.5. The third-order valence-electron chi connectivity index (χ3n) is 3.79. The van der Waals surface area contributed by atoms with Gasteiger partial charge in [0.25, 0.3) is 11.8 Å². The van der Waals surface area contributed by atoms with Crippen LogP contribution in [0.1, 0.15) is 25.8 Å². The zero-order valence-corrected chi connectivity index (χ0v) is 14.9. The summed E-state index contributed by atoms with van der Waals surface area (Å²) in [6.45, 7) is 4.44. The van der Waals surface area contributed by atoms with E-state index in [-0.39, 0.29) is 18.2 Å². The third kappa shape index (κ3) is 3.93. The highest BCUT2D eigenvalue weighted by Crippen LogP contribution is 2.34. The molecule has 0 radical (unpaired) electrons. The number of carbonyl (C=O) groups is 2. The molecule has 0 aliphatic carbocycles. The van der Waals surface area contributed by atoms with Crippen LogP contribution in [-0.2, 0) is 14.3 Å². The average molecular weight is 349 g/mol. The lowest BCUT2D eigenvalue weighted by atomic mass is 10.0. The molecule has 0 unspecified atom stereocenters. The summed E-state index contributed by atoms with van der Waals surface area (Å²) in [6.07, 6.45) is 0.584. The van der Waals surface area contributed by atoms with Gasteiger partial charge in [-0.25, -0.2) is 0 Å². The Morgan fingerprint density at radius 3 is 2.36 bits per heavy atom. The number of aliphatic hydroxyl groups excluding tert-OH is 1. The summed E-state index contributed by atoms with van der Waals surface area (Å²) in [5.74, 6) is -0.879. The topological polar surface area (TPSA) is 85.3 Å². The molecule has 7 heteroatoms. The van der Waals surface area contributed by atoms with Crippen LogP contribution in [-0.4, -0.2) is 55.3 Å². The number of imide groups is 1. The van der Waals surface area contributed by atoms with Crippen LogP contribution in [0.2, 0.25) is 0 Å². The van der Waals surface area contributed by atoms with Crippen molar-refractivity contribution in [3.05, 3.63) is 29.5 Å². The van der Waals surface area contributed by atoms with E-state index < -0.39 is 17.6 Å². The number of nitrogens with zero attached hydrogens (tertiary/aromatic N) is 1. The van der Waals surface area contributed by atoms with E-state index in [9.17, 15) is 14.7 Å². The Morgan fingerprint density at radius 2 is 1.76 bits per heavy atom. The molecule has 1 aliphatic heterocycles. The smallest absolute Gasteiger partial charge is 0.296 e. The molecule has 0 bridgehead atoms. The van der Waals surface area contributed by atoms with Crippen LogP contribution >= 0.6 is 0 Å². The van der Waals surface area contributed by atoms with Gasteiger partial charge in [-0.1, -0.05) is 6.07 Å². The zero-order chi connectivity index (χ0) is 18.6. The number of amides is 2. The second-order valence-electron chi connectivity index (χ2n) is 5.83. The van der Waals surface area contributed by atoms with Gasteiger partial charge >= 0.3 is 0 Å². The third-order valence-corrected chi connectivity index (χ3v) is 3.79. The van der Waals surface area contributed by atoms with Gasteiger partial charge in [0.2, 0.25) is 0 Å². The van der Waals surface area contributed by atoms with Gasteiger partial charge in [-0.2, -0.15) is 0 Å². The standard InChI is InChI=1S/C18H23NO6/c1-11(2)25-9-5-8-19-17(21)15(16(20)18(19)22)12-6-7-13(23-3)14(10-12)24-4/h6-7,10-11,20H,5,8-9H2,1-4H3. The Balaban J connectivity index is 2.19. The van der Waals surface area contributed by atoms with E-state index in [4.69, 9.17) is 14.2 Å². The number of carbonyl (C=O) groups excluding carboxylic acids is 2. The largest absolute Gasteiger partial charge is 0.502 e. The summed E-state index contributed by atoms with van der Waals surface area (Å²) in [7, 11) is 2.97. The van der Waals surface area contributed by atoms with Gasteiger partial charge in [0.15, 0.2) is 17.3 Å². The number of aliphatic hydroxyl groups is 1. The molecule has 2 rings (SSSR count). The molecule has 136 valence electrons. The van der Waals surface area contributed by atoms with Crippen LogP contribution in [0.15, 0.2) is 24.0 Å². The molecule has 1 aromatic carbocycles. The van der Waals surface area contributed by atoms with Crippen molar-refractivity contribution in [1.29, 1.82) is 0 Å². The van der Waals surface area contributed by atoms with E-state index in [1.165, 1.54) is 14.2 Å². The Bertz CT molecular complexity index is 695. The molecule has 7 nitrogen and oxygen atoms in total. The fourth-order valence-corrected chi connectivity index (χ4v) is 2.56. The van der Waals surface area contributed by atoms with Gasteiger partial charge < -0.3 is 19.3 Å². The maximum Gasteiger partial charge on any atom is 0.296 e. The molecular formula is C18H23NO6. The van der Waals surface area contributed by atoms with Crippen molar-refractivity contribution >= 4 is 17.4 Å². The fraction of sp³-hybridized carbons (Fsp3) is 0.444. The van der Waals surface area contributed by atoms with Crippen molar-refractivity contribution in [3.8, 4) is 11.5 Å². The molecule has 0 spiro atoms. The first kappa shape index (κ1) is 18.8. The molecule has 2 amide bonds. The Morgan fingerprint density at radius 1 is 1.08 bits per heavy atom. The zero-order valence-electron chi connectivity index (χ0n) is 14.9. The van der Waals surface area contributed by atoms with Gasteiger partial charge in [0.1, 0.15) is 0 Å². The van der Waals surface area contributed by atoms with Crippen molar-refractivity contribution in [1.82, 2.24) is 4.90 Å². The average Bonchev–Trinajstić information content (AvgIpc) is 2.80. The maximum absolute atomic E-state index is 12.6.